The van der Waals surface area contributed by atoms with Crippen molar-refractivity contribution in [3.8, 4) is 0 Å². The van der Waals surface area contributed by atoms with Crippen LogP contribution in [-0.4, -0.2) is 30.7 Å². The summed E-state index contributed by atoms with van der Waals surface area (Å²) in [6.07, 6.45) is 2.57. The highest BCUT2D eigenvalue weighted by Crippen LogP contribution is 2.27. The third-order valence-corrected chi connectivity index (χ3v) is 3.27. The first-order chi connectivity index (χ1) is 9.93. The van der Waals surface area contributed by atoms with Gasteiger partial charge in [-0.1, -0.05) is 38.5 Å². The summed E-state index contributed by atoms with van der Waals surface area (Å²) in [7, 11) is 3.70. The lowest BCUT2D eigenvalue weighted by atomic mass is 9.95. The Morgan fingerprint density at radius 1 is 1.33 bits per heavy atom. The van der Waals surface area contributed by atoms with E-state index in [2.05, 4.69) is 30.3 Å². The van der Waals surface area contributed by atoms with Crippen LogP contribution in [0.1, 0.15) is 51.5 Å². The maximum absolute atomic E-state index is 12.1. The molecular weight excluding hydrogens is 262 g/mol. The number of para-hydroxylation sites is 1. The number of hydrogen-bond donors (Lipinski definition) is 1. The molecule has 4 nitrogen and oxygen atoms in total. The highest BCUT2D eigenvalue weighted by Gasteiger charge is 2.12. The number of anilines is 1. The highest BCUT2D eigenvalue weighted by atomic mass is 16.1. The van der Waals surface area contributed by atoms with Gasteiger partial charge in [-0.2, -0.15) is 5.10 Å². The quantitative estimate of drug-likeness (QED) is 0.612. The lowest BCUT2D eigenvalue weighted by molar-refractivity contribution is -0.115. The molecule has 0 aliphatic rings. The van der Waals surface area contributed by atoms with E-state index >= 15 is 0 Å². The fourth-order valence-electron chi connectivity index (χ4n) is 2.43. The first-order valence-corrected chi connectivity index (χ1v) is 7.54. The van der Waals surface area contributed by atoms with E-state index in [1.54, 1.807) is 5.01 Å². The van der Waals surface area contributed by atoms with Crippen LogP contribution in [0.2, 0.25) is 0 Å². The summed E-state index contributed by atoms with van der Waals surface area (Å²) in [5.74, 6) is 0.428. The predicted octanol–water partition coefficient (Wildman–Crippen LogP) is 3.86. The number of carbonyl (C=O) groups is 1. The van der Waals surface area contributed by atoms with Crippen LogP contribution in [0.25, 0.3) is 0 Å². The second kappa shape index (κ2) is 8.45. The Kier molecular flexibility index (Phi) is 6.92. The minimum absolute atomic E-state index is 0.0192. The number of nitrogens with one attached hydrogen (secondary N) is 1. The molecule has 0 spiro atoms. The molecule has 1 rings (SSSR count). The third kappa shape index (κ3) is 5.98. The van der Waals surface area contributed by atoms with E-state index in [-0.39, 0.29) is 5.91 Å². The van der Waals surface area contributed by atoms with Crippen LogP contribution in [0.4, 0.5) is 5.69 Å². The molecule has 1 atom stereocenters. The number of hydrogen-bond acceptors (Lipinski definition) is 3. The second-order valence-corrected chi connectivity index (χ2v) is 5.68. The third-order valence-electron chi connectivity index (χ3n) is 3.27. The van der Waals surface area contributed by atoms with Crippen molar-refractivity contribution in [2.45, 2.75) is 46.0 Å². The van der Waals surface area contributed by atoms with Crippen LogP contribution in [-0.2, 0) is 4.79 Å². The molecule has 0 aliphatic carbocycles. The Morgan fingerprint density at radius 3 is 2.62 bits per heavy atom. The monoisotopic (exact) mass is 289 g/mol. The van der Waals surface area contributed by atoms with Gasteiger partial charge in [0.2, 0.25) is 5.91 Å². The SMILES string of the molecule is CCCC(C)c1ccccc1NC(=O)C/C(C)=N\N(C)C. The molecule has 1 aromatic carbocycles. The van der Waals surface area contributed by atoms with Crippen molar-refractivity contribution >= 4 is 17.3 Å². The molecule has 0 aliphatic heterocycles. The van der Waals surface area contributed by atoms with Gasteiger partial charge in [-0.25, -0.2) is 0 Å². The molecule has 21 heavy (non-hydrogen) atoms. The summed E-state index contributed by atoms with van der Waals surface area (Å²) >= 11 is 0. The van der Waals surface area contributed by atoms with Crippen LogP contribution in [0.3, 0.4) is 0 Å². The van der Waals surface area contributed by atoms with Gasteiger partial charge in [0.15, 0.2) is 0 Å². The summed E-state index contributed by atoms with van der Waals surface area (Å²) in [4.78, 5) is 12.1. The van der Waals surface area contributed by atoms with E-state index in [1.165, 1.54) is 5.56 Å². The molecule has 116 valence electrons. The van der Waals surface area contributed by atoms with Gasteiger partial charge in [0.25, 0.3) is 0 Å². The van der Waals surface area contributed by atoms with E-state index in [0.717, 1.165) is 24.2 Å². The van der Waals surface area contributed by atoms with Crippen molar-refractivity contribution in [2.24, 2.45) is 5.10 Å². The average molecular weight is 289 g/mol. The number of benzene rings is 1. The summed E-state index contributed by atoms with van der Waals surface area (Å²) < 4.78 is 0. The molecule has 1 aromatic rings. The Balaban J connectivity index is 2.76. The van der Waals surface area contributed by atoms with Crippen LogP contribution in [0, 0.1) is 0 Å². The second-order valence-electron chi connectivity index (χ2n) is 5.68. The van der Waals surface area contributed by atoms with Gasteiger partial charge >= 0.3 is 0 Å². The summed E-state index contributed by atoms with van der Waals surface area (Å²) in [6.45, 7) is 6.25. The molecule has 1 amide bonds. The van der Waals surface area contributed by atoms with E-state index in [9.17, 15) is 4.79 Å². The zero-order chi connectivity index (χ0) is 15.8. The zero-order valence-electron chi connectivity index (χ0n) is 13.8. The van der Waals surface area contributed by atoms with Crippen LogP contribution >= 0.6 is 0 Å². The van der Waals surface area contributed by atoms with Gasteiger partial charge in [0.05, 0.1) is 6.42 Å². The molecule has 0 saturated carbocycles. The number of amides is 1. The van der Waals surface area contributed by atoms with Crippen molar-refractivity contribution < 1.29 is 4.79 Å². The minimum Gasteiger partial charge on any atom is -0.325 e. The van der Waals surface area contributed by atoms with Gasteiger partial charge in [0, 0.05) is 25.5 Å². The number of carbonyl (C=O) groups excluding carboxylic acids is 1. The van der Waals surface area contributed by atoms with E-state index in [4.69, 9.17) is 0 Å². The predicted molar refractivity (Wildman–Crippen MR) is 89.8 cm³/mol. The van der Waals surface area contributed by atoms with Crippen molar-refractivity contribution in [3.63, 3.8) is 0 Å². The molecule has 1 N–H and O–H groups in total. The smallest absolute Gasteiger partial charge is 0.230 e. The van der Waals surface area contributed by atoms with Crippen LogP contribution in [0.15, 0.2) is 29.4 Å². The number of hydrazone groups is 1. The Hall–Kier alpha value is -1.84. The summed E-state index contributed by atoms with van der Waals surface area (Å²) in [5, 5.41) is 8.96. The van der Waals surface area contributed by atoms with Crippen molar-refractivity contribution in [2.75, 3.05) is 19.4 Å². The molecule has 0 fully saturated rings. The molecule has 0 heterocycles. The largest absolute Gasteiger partial charge is 0.325 e. The maximum Gasteiger partial charge on any atom is 0.230 e. The normalized spacial score (nSPS) is 12.9. The lowest BCUT2D eigenvalue weighted by Crippen LogP contribution is -2.18. The van der Waals surface area contributed by atoms with Gasteiger partial charge < -0.3 is 10.3 Å². The van der Waals surface area contributed by atoms with E-state index in [1.807, 2.05) is 39.2 Å². The topological polar surface area (TPSA) is 44.7 Å². The molecule has 0 aromatic heterocycles. The van der Waals surface area contributed by atoms with Crippen molar-refractivity contribution in [1.29, 1.82) is 0 Å². The summed E-state index contributed by atoms with van der Waals surface area (Å²) in [5.41, 5.74) is 2.92. The van der Waals surface area contributed by atoms with E-state index < -0.39 is 0 Å². The van der Waals surface area contributed by atoms with E-state index in [0.29, 0.717) is 12.3 Å². The van der Waals surface area contributed by atoms with Gasteiger partial charge in [-0.3, -0.25) is 4.79 Å². The molecular formula is C17H27N3O. The van der Waals surface area contributed by atoms with Gasteiger partial charge in [-0.05, 0) is 30.9 Å². The van der Waals surface area contributed by atoms with Crippen LogP contribution < -0.4 is 5.32 Å². The molecule has 4 heteroatoms. The molecule has 0 radical (unpaired) electrons. The first-order valence-electron chi connectivity index (χ1n) is 7.54. The Bertz CT molecular complexity index is 495. The molecule has 0 saturated heterocycles. The van der Waals surface area contributed by atoms with Crippen molar-refractivity contribution in [1.82, 2.24) is 5.01 Å². The first kappa shape index (κ1) is 17.2. The van der Waals surface area contributed by atoms with Gasteiger partial charge in [0.1, 0.15) is 0 Å². The minimum atomic E-state index is -0.0192. The fourth-order valence-corrected chi connectivity index (χ4v) is 2.43. The number of nitrogens with zero attached hydrogens (tertiary/aromatic N) is 2. The standard InChI is InChI=1S/C17H27N3O/c1-6-9-13(2)15-10-7-8-11-16(15)18-17(21)12-14(3)19-20(4)5/h7-8,10-11,13H,6,9,12H2,1-5H3,(H,18,21)/b19-14-. The fraction of sp³-hybridized carbons (Fsp3) is 0.529. The molecule has 1 unspecified atom stereocenters. The van der Waals surface area contributed by atoms with Gasteiger partial charge in [-0.15, -0.1) is 0 Å². The Morgan fingerprint density at radius 2 is 2.00 bits per heavy atom. The highest BCUT2D eigenvalue weighted by molar-refractivity contribution is 6.05. The summed E-state index contributed by atoms with van der Waals surface area (Å²) in [6, 6.07) is 8.04. The zero-order valence-corrected chi connectivity index (χ0v) is 13.8. The Labute approximate surface area is 128 Å². The van der Waals surface area contributed by atoms with Crippen molar-refractivity contribution in [3.05, 3.63) is 29.8 Å². The number of rotatable bonds is 7. The van der Waals surface area contributed by atoms with Crippen LogP contribution in [0.5, 0.6) is 0 Å². The molecule has 0 bridgehead atoms. The average Bonchev–Trinajstić information content (AvgIpc) is 2.38. The maximum atomic E-state index is 12.1. The lowest BCUT2D eigenvalue weighted by Gasteiger charge is -2.16.